The van der Waals surface area contributed by atoms with Crippen molar-refractivity contribution in [2.75, 3.05) is 6.61 Å². The fourth-order valence-electron chi connectivity index (χ4n) is 3.56. The number of rotatable bonds is 7. The van der Waals surface area contributed by atoms with Crippen LogP contribution in [0.1, 0.15) is 23.6 Å². The van der Waals surface area contributed by atoms with Crippen molar-refractivity contribution in [2.24, 2.45) is 0 Å². The molecule has 0 saturated carbocycles. The lowest BCUT2D eigenvalue weighted by Gasteiger charge is -2.15. The summed E-state index contributed by atoms with van der Waals surface area (Å²) in [5.74, 6) is 1.16. The van der Waals surface area contributed by atoms with E-state index < -0.39 is 0 Å². The van der Waals surface area contributed by atoms with E-state index in [4.69, 9.17) is 32.7 Å². The SMILES string of the molecule is CCOc1cc(/C=C(/C#N)c2ccc3ccccc3c2)cc(Br)c1OCc1ccc(Cl)c(Cl)c1. The third kappa shape index (κ3) is 5.56. The first-order valence-corrected chi connectivity index (χ1v) is 12.2. The molecule has 0 unspecified atom stereocenters. The molecule has 3 nitrogen and oxygen atoms in total. The Morgan fingerprint density at radius 2 is 1.74 bits per heavy atom. The van der Waals surface area contributed by atoms with E-state index in [1.807, 2.05) is 67.6 Å². The van der Waals surface area contributed by atoms with Crippen molar-refractivity contribution < 1.29 is 9.47 Å². The van der Waals surface area contributed by atoms with E-state index in [2.05, 4.69) is 28.1 Å². The van der Waals surface area contributed by atoms with Crippen LogP contribution in [0.2, 0.25) is 10.0 Å². The lowest BCUT2D eigenvalue weighted by Crippen LogP contribution is -2.01. The zero-order valence-corrected chi connectivity index (χ0v) is 21.4. The van der Waals surface area contributed by atoms with Crippen molar-refractivity contribution in [2.45, 2.75) is 13.5 Å². The van der Waals surface area contributed by atoms with Crippen LogP contribution in [0, 0.1) is 11.3 Å². The molecule has 4 aromatic carbocycles. The molecular formula is C28H20BrCl2NO2. The maximum Gasteiger partial charge on any atom is 0.175 e. The molecule has 0 aliphatic heterocycles. The van der Waals surface area contributed by atoms with E-state index in [0.717, 1.165) is 31.9 Å². The molecule has 0 aliphatic rings. The van der Waals surface area contributed by atoms with Crippen LogP contribution in [0.5, 0.6) is 11.5 Å². The van der Waals surface area contributed by atoms with Crippen molar-refractivity contribution in [1.82, 2.24) is 0 Å². The van der Waals surface area contributed by atoms with Gasteiger partial charge >= 0.3 is 0 Å². The van der Waals surface area contributed by atoms with Crippen molar-refractivity contribution in [3.05, 3.63) is 104 Å². The predicted molar refractivity (Wildman–Crippen MR) is 144 cm³/mol. The molecule has 0 radical (unpaired) electrons. The van der Waals surface area contributed by atoms with E-state index in [0.29, 0.717) is 40.3 Å². The van der Waals surface area contributed by atoms with Crippen LogP contribution in [0.4, 0.5) is 0 Å². The number of fused-ring (bicyclic) bond motifs is 1. The first kappa shape index (κ1) is 24.2. The maximum atomic E-state index is 9.86. The van der Waals surface area contributed by atoms with Crippen LogP contribution >= 0.6 is 39.1 Å². The minimum Gasteiger partial charge on any atom is -0.490 e. The molecule has 34 heavy (non-hydrogen) atoms. The normalized spacial score (nSPS) is 11.3. The first-order valence-electron chi connectivity index (χ1n) is 10.6. The second-order valence-electron chi connectivity index (χ2n) is 7.53. The Balaban J connectivity index is 1.65. The number of nitriles is 1. The second-order valence-corrected chi connectivity index (χ2v) is 9.20. The van der Waals surface area contributed by atoms with E-state index in [1.54, 1.807) is 12.1 Å². The van der Waals surface area contributed by atoms with Crippen LogP contribution in [0.3, 0.4) is 0 Å². The highest BCUT2D eigenvalue weighted by molar-refractivity contribution is 9.10. The quantitative estimate of drug-likeness (QED) is 0.170. The number of benzene rings is 4. The Labute approximate surface area is 217 Å². The Hall–Kier alpha value is -2.97. The van der Waals surface area contributed by atoms with Gasteiger partial charge in [-0.25, -0.2) is 0 Å². The largest absolute Gasteiger partial charge is 0.490 e. The van der Waals surface area contributed by atoms with Crippen LogP contribution in [0.15, 0.2) is 77.3 Å². The minimum atomic E-state index is 0.297. The summed E-state index contributed by atoms with van der Waals surface area (Å²) in [4.78, 5) is 0. The third-order valence-electron chi connectivity index (χ3n) is 5.19. The summed E-state index contributed by atoms with van der Waals surface area (Å²) >= 11 is 15.7. The zero-order valence-electron chi connectivity index (χ0n) is 18.3. The Morgan fingerprint density at radius 3 is 2.47 bits per heavy atom. The van der Waals surface area contributed by atoms with Gasteiger partial charge in [0.25, 0.3) is 0 Å². The minimum absolute atomic E-state index is 0.297. The van der Waals surface area contributed by atoms with Gasteiger partial charge in [-0.15, -0.1) is 0 Å². The van der Waals surface area contributed by atoms with E-state index in [9.17, 15) is 5.26 Å². The molecule has 0 heterocycles. The van der Waals surface area contributed by atoms with Crippen molar-refractivity contribution >= 4 is 61.6 Å². The van der Waals surface area contributed by atoms with Gasteiger partial charge in [-0.1, -0.05) is 65.7 Å². The van der Waals surface area contributed by atoms with Crippen molar-refractivity contribution in [1.29, 1.82) is 5.26 Å². The molecule has 0 bridgehead atoms. The fraction of sp³-hybridized carbons (Fsp3) is 0.107. The summed E-state index contributed by atoms with van der Waals surface area (Å²) in [6.45, 7) is 2.68. The summed E-state index contributed by atoms with van der Waals surface area (Å²) in [7, 11) is 0. The molecule has 6 heteroatoms. The molecule has 170 valence electrons. The monoisotopic (exact) mass is 551 g/mol. The molecule has 4 rings (SSSR count). The van der Waals surface area contributed by atoms with Gasteiger partial charge in [-0.3, -0.25) is 0 Å². The van der Waals surface area contributed by atoms with Crippen LogP contribution in [-0.4, -0.2) is 6.61 Å². The highest BCUT2D eigenvalue weighted by atomic mass is 79.9. The van der Waals surface area contributed by atoms with Gasteiger partial charge < -0.3 is 9.47 Å². The zero-order chi connectivity index (χ0) is 24.1. The molecule has 0 amide bonds. The summed E-state index contributed by atoms with van der Waals surface area (Å²) in [6, 6.07) is 25.6. The predicted octanol–water partition coefficient (Wildman–Crippen LogP) is 8.95. The van der Waals surface area contributed by atoms with E-state index in [1.165, 1.54) is 0 Å². The second kappa shape index (κ2) is 11.0. The number of nitrogens with zero attached hydrogens (tertiary/aromatic N) is 1. The van der Waals surface area contributed by atoms with Gasteiger partial charge in [0.1, 0.15) is 6.61 Å². The average molecular weight is 553 g/mol. The van der Waals surface area contributed by atoms with Gasteiger partial charge in [-0.05, 0) is 86.7 Å². The Bertz CT molecular complexity index is 1430. The maximum absolute atomic E-state index is 9.86. The Kier molecular flexibility index (Phi) is 7.80. The molecule has 0 fully saturated rings. The smallest absolute Gasteiger partial charge is 0.175 e. The highest BCUT2D eigenvalue weighted by Gasteiger charge is 2.13. The summed E-state index contributed by atoms with van der Waals surface area (Å²) in [6.07, 6.45) is 1.85. The number of hydrogen-bond donors (Lipinski definition) is 0. The topological polar surface area (TPSA) is 42.2 Å². The number of allylic oxidation sites excluding steroid dienone is 1. The van der Waals surface area contributed by atoms with Gasteiger partial charge in [0.05, 0.1) is 32.8 Å². The van der Waals surface area contributed by atoms with Crippen molar-refractivity contribution in [3.8, 4) is 17.6 Å². The molecule has 0 aromatic heterocycles. The molecule has 0 atom stereocenters. The lowest BCUT2D eigenvalue weighted by molar-refractivity contribution is 0.267. The van der Waals surface area contributed by atoms with E-state index in [-0.39, 0.29) is 0 Å². The van der Waals surface area contributed by atoms with Gasteiger partial charge in [0.15, 0.2) is 11.5 Å². The average Bonchev–Trinajstić information content (AvgIpc) is 2.84. The Morgan fingerprint density at radius 1 is 0.941 bits per heavy atom. The molecule has 0 saturated heterocycles. The molecular weight excluding hydrogens is 533 g/mol. The number of ether oxygens (including phenoxy) is 2. The highest BCUT2D eigenvalue weighted by Crippen LogP contribution is 2.39. The summed E-state index contributed by atoms with van der Waals surface area (Å²) in [5.41, 5.74) is 3.12. The summed E-state index contributed by atoms with van der Waals surface area (Å²) in [5, 5.41) is 13.0. The molecule has 0 N–H and O–H groups in total. The van der Waals surface area contributed by atoms with Gasteiger partial charge in [0, 0.05) is 0 Å². The van der Waals surface area contributed by atoms with Crippen LogP contribution < -0.4 is 9.47 Å². The molecule has 4 aromatic rings. The number of hydrogen-bond acceptors (Lipinski definition) is 3. The van der Waals surface area contributed by atoms with Crippen LogP contribution in [-0.2, 0) is 6.61 Å². The summed E-state index contributed by atoms with van der Waals surface area (Å²) < 4.78 is 12.6. The first-order chi connectivity index (χ1) is 16.5. The van der Waals surface area contributed by atoms with Gasteiger partial charge in [0.2, 0.25) is 0 Å². The third-order valence-corrected chi connectivity index (χ3v) is 6.52. The van der Waals surface area contributed by atoms with Crippen molar-refractivity contribution in [3.63, 3.8) is 0 Å². The number of halogens is 3. The van der Waals surface area contributed by atoms with Crippen LogP contribution in [0.25, 0.3) is 22.4 Å². The lowest BCUT2D eigenvalue weighted by atomic mass is 10.00. The fourth-order valence-corrected chi connectivity index (χ4v) is 4.46. The molecule has 0 aliphatic carbocycles. The van der Waals surface area contributed by atoms with E-state index >= 15 is 0 Å². The van der Waals surface area contributed by atoms with Gasteiger partial charge in [-0.2, -0.15) is 5.26 Å². The standard InChI is InChI=1S/C28H20BrCl2NO2/c1-2-33-27-14-19(11-23(16-32)22-9-8-20-5-3-4-6-21(20)15-22)12-24(29)28(27)34-17-18-7-10-25(30)26(31)13-18/h3-15H,2,17H2,1H3/b23-11-. The molecule has 0 spiro atoms.